The molecule has 0 atom stereocenters. The van der Waals surface area contributed by atoms with Crippen molar-refractivity contribution in [2.45, 2.75) is 25.9 Å². The monoisotopic (exact) mass is 361 g/mol. The van der Waals surface area contributed by atoms with E-state index >= 15 is 0 Å². The second-order valence-electron chi connectivity index (χ2n) is 6.34. The van der Waals surface area contributed by atoms with Gasteiger partial charge in [0.1, 0.15) is 0 Å². The van der Waals surface area contributed by atoms with Crippen LogP contribution in [0.25, 0.3) is 22.6 Å². The zero-order chi connectivity index (χ0) is 18.2. The van der Waals surface area contributed by atoms with Gasteiger partial charge in [-0.2, -0.15) is 0 Å². The van der Waals surface area contributed by atoms with Crippen LogP contribution in [0.5, 0.6) is 0 Å². The van der Waals surface area contributed by atoms with E-state index in [-0.39, 0.29) is 18.4 Å². The van der Waals surface area contributed by atoms with Crippen LogP contribution in [0.3, 0.4) is 0 Å². The Balaban J connectivity index is 1.42. The molecule has 0 aliphatic heterocycles. The van der Waals surface area contributed by atoms with Crippen LogP contribution in [-0.4, -0.2) is 21.2 Å². The fourth-order valence-electron chi connectivity index (χ4n) is 3.46. The Hall–Kier alpha value is -3.48. The molecule has 0 fully saturated rings. The number of ether oxygens (including phenoxy) is 1. The summed E-state index contributed by atoms with van der Waals surface area (Å²) in [6, 6.07) is 11.1. The maximum absolute atomic E-state index is 12.9. The number of rotatable bonds is 4. The SMILES string of the molecule is O=C(OCc1nnc(-c2ccco2)o1)c1c2c(nc3ccccc13)CCC2. The molecule has 7 nitrogen and oxygen atoms in total. The Labute approximate surface area is 154 Å². The van der Waals surface area contributed by atoms with Gasteiger partial charge in [-0.15, -0.1) is 10.2 Å². The fourth-order valence-corrected chi connectivity index (χ4v) is 3.46. The van der Waals surface area contributed by atoms with Crippen LogP contribution in [0.1, 0.15) is 33.9 Å². The first-order valence-electron chi connectivity index (χ1n) is 8.73. The normalized spacial score (nSPS) is 13.0. The molecule has 4 aromatic rings. The van der Waals surface area contributed by atoms with Crippen molar-refractivity contribution in [3.8, 4) is 11.7 Å². The maximum atomic E-state index is 12.9. The predicted octanol–water partition coefficient (Wildman–Crippen LogP) is 3.72. The average molecular weight is 361 g/mol. The molecule has 134 valence electrons. The summed E-state index contributed by atoms with van der Waals surface area (Å²) >= 11 is 0. The first-order chi connectivity index (χ1) is 13.3. The predicted molar refractivity (Wildman–Crippen MR) is 94.9 cm³/mol. The summed E-state index contributed by atoms with van der Waals surface area (Å²) in [7, 11) is 0. The van der Waals surface area contributed by atoms with E-state index in [1.165, 1.54) is 6.26 Å². The molecule has 1 aliphatic carbocycles. The van der Waals surface area contributed by atoms with Gasteiger partial charge in [-0.1, -0.05) is 18.2 Å². The third kappa shape index (κ3) is 2.77. The van der Waals surface area contributed by atoms with E-state index in [9.17, 15) is 4.79 Å². The van der Waals surface area contributed by atoms with Crippen molar-refractivity contribution in [2.24, 2.45) is 0 Å². The highest BCUT2D eigenvalue weighted by atomic mass is 16.5. The second-order valence-corrected chi connectivity index (χ2v) is 6.34. The molecule has 0 bridgehead atoms. The summed E-state index contributed by atoms with van der Waals surface area (Å²) in [4.78, 5) is 17.6. The van der Waals surface area contributed by atoms with Crippen molar-refractivity contribution in [1.29, 1.82) is 0 Å². The molecule has 0 saturated carbocycles. The summed E-state index contributed by atoms with van der Waals surface area (Å²) < 4.78 is 16.2. The van der Waals surface area contributed by atoms with Crippen molar-refractivity contribution >= 4 is 16.9 Å². The van der Waals surface area contributed by atoms with Gasteiger partial charge in [0.25, 0.3) is 11.8 Å². The molecular formula is C20H15N3O4. The van der Waals surface area contributed by atoms with Gasteiger partial charge >= 0.3 is 5.97 Å². The van der Waals surface area contributed by atoms with E-state index in [0.717, 1.165) is 41.4 Å². The minimum atomic E-state index is -0.399. The molecule has 27 heavy (non-hydrogen) atoms. The van der Waals surface area contributed by atoms with Crippen LogP contribution in [0.2, 0.25) is 0 Å². The minimum absolute atomic E-state index is 0.0992. The van der Waals surface area contributed by atoms with Crippen LogP contribution in [0.15, 0.2) is 51.5 Å². The Bertz CT molecular complexity index is 1130. The molecule has 1 aromatic carbocycles. The molecule has 0 saturated heterocycles. The lowest BCUT2D eigenvalue weighted by atomic mass is 10.0. The lowest BCUT2D eigenvalue weighted by molar-refractivity contribution is 0.0439. The number of pyridine rings is 1. The Kier molecular flexibility index (Phi) is 3.71. The van der Waals surface area contributed by atoms with Crippen LogP contribution in [0.4, 0.5) is 0 Å². The Morgan fingerprint density at radius 1 is 1.11 bits per heavy atom. The quantitative estimate of drug-likeness (QED) is 0.512. The highest BCUT2D eigenvalue weighted by molar-refractivity contribution is 6.05. The Morgan fingerprint density at radius 3 is 2.93 bits per heavy atom. The minimum Gasteiger partial charge on any atom is -0.459 e. The van der Waals surface area contributed by atoms with Crippen LogP contribution in [-0.2, 0) is 24.2 Å². The molecule has 0 radical (unpaired) electrons. The van der Waals surface area contributed by atoms with Gasteiger partial charge in [0, 0.05) is 11.1 Å². The van der Waals surface area contributed by atoms with Crippen molar-refractivity contribution < 1.29 is 18.4 Å². The summed E-state index contributed by atoms with van der Waals surface area (Å²) in [5, 5.41) is 8.62. The van der Waals surface area contributed by atoms with Crippen molar-refractivity contribution in [1.82, 2.24) is 15.2 Å². The number of furan rings is 1. The van der Waals surface area contributed by atoms with Crippen molar-refractivity contribution in [3.63, 3.8) is 0 Å². The largest absolute Gasteiger partial charge is 0.459 e. The summed E-state index contributed by atoms with van der Waals surface area (Å²) in [6.07, 6.45) is 4.24. The molecule has 1 aliphatic rings. The molecule has 0 amide bonds. The van der Waals surface area contributed by atoms with Gasteiger partial charge in [-0.05, 0) is 43.0 Å². The van der Waals surface area contributed by atoms with Gasteiger partial charge in [-0.25, -0.2) is 4.79 Å². The first kappa shape index (κ1) is 15.7. The molecular weight excluding hydrogens is 346 g/mol. The van der Waals surface area contributed by atoms with Gasteiger partial charge in [-0.3, -0.25) is 4.98 Å². The van der Waals surface area contributed by atoms with Gasteiger partial charge < -0.3 is 13.6 Å². The molecule has 3 heterocycles. The van der Waals surface area contributed by atoms with Crippen LogP contribution >= 0.6 is 0 Å². The summed E-state index contributed by atoms with van der Waals surface area (Å²) in [5.41, 5.74) is 3.38. The number of para-hydroxylation sites is 1. The fraction of sp³-hybridized carbons (Fsp3) is 0.200. The molecule has 3 aromatic heterocycles. The van der Waals surface area contributed by atoms with Gasteiger partial charge in [0.05, 0.1) is 17.3 Å². The van der Waals surface area contributed by atoms with E-state index in [1.54, 1.807) is 12.1 Å². The number of benzene rings is 1. The molecule has 0 N–H and O–H groups in total. The number of aryl methyl sites for hydroxylation is 1. The van der Waals surface area contributed by atoms with E-state index in [0.29, 0.717) is 11.3 Å². The number of nitrogens with zero attached hydrogens (tertiary/aromatic N) is 3. The van der Waals surface area contributed by atoms with E-state index in [1.807, 2.05) is 24.3 Å². The lowest BCUT2D eigenvalue weighted by Crippen LogP contribution is -2.10. The summed E-state index contributed by atoms with van der Waals surface area (Å²) in [6.45, 7) is -0.0992. The lowest BCUT2D eigenvalue weighted by Gasteiger charge is -2.11. The molecule has 0 spiro atoms. The molecule has 0 unspecified atom stereocenters. The van der Waals surface area contributed by atoms with Crippen molar-refractivity contribution in [2.75, 3.05) is 0 Å². The van der Waals surface area contributed by atoms with E-state index in [4.69, 9.17) is 13.6 Å². The zero-order valence-electron chi connectivity index (χ0n) is 14.3. The zero-order valence-corrected chi connectivity index (χ0v) is 14.3. The van der Waals surface area contributed by atoms with Crippen molar-refractivity contribution in [3.05, 3.63) is 65.4 Å². The number of fused-ring (bicyclic) bond motifs is 2. The number of esters is 1. The number of aromatic nitrogens is 3. The second kappa shape index (κ2) is 6.35. The average Bonchev–Trinajstić information content (AvgIpc) is 3.45. The van der Waals surface area contributed by atoms with Gasteiger partial charge in [0.2, 0.25) is 0 Å². The third-order valence-corrected chi connectivity index (χ3v) is 4.65. The number of hydrogen-bond acceptors (Lipinski definition) is 7. The Morgan fingerprint density at radius 2 is 2.04 bits per heavy atom. The highest BCUT2D eigenvalue weighted by Crippen LogP contribution is 2.30. The van der Waals surface area contributed by atoms with Gasteiger partial charge in [0.15, 0.2) is 12.4 Å². The summed E-state index contributed by atoms with van der Waals surface area (Å²) in [5.74, 6) is 0.536. The van der Waals surface area contributed by atoms with E-state index < -0.39 is 5.97 Å². The highest BCUT2D eigenvalue weighted by Gasteiger charge is 2.25. The number of carbonyl (C=O) groups excluding carboxylic acids is 1. The smallest absolute Gasteiger partial charge is 0.339 e. The number of hydrogen-bond donors (Lipinski definition) is 0. The molecule has 7 heteroatoms. The maximum Gasteiger partial charge on any atom is 0.339 e. The van der Waals surface area contributed by atoms with Crippen LogP contribution < -0.4 is 0 Å². The standard InChI is InChI=1S/C20H15N3O4/c24-20(26-11-17-22-23-19(27-17)16-9-4-10-25-16)18-12-5-1-2-7-14(12)21-15-8-3-6-13(15)18/h1-2,4-5,7,9-10H,3,6,8,11H2. The van der Waals surface area contributed by atoms with E-state index in [2.05, 4.69) is 15.2 Å². The topological polar surface area (TPSA) is 91.2 Å². The number of carbonyl (C=O) groups is 1. The molecule has 5 rings (SSSR count). The van der Waals surface area contributed by atoms with Crippen LogP contribution in [0, 0.1) is 0 Å². The third-order valence-electron chi connectivity index (χ3n) is 4.65. The first-order valence-corrected chi connectivity index (χ1v) is 8.73.